The van der Waals surface area contributed by atoms with Gasteiger partial charge in [-0.1, -0.05) is 12.1 Å². The molecule has 94 valence electrons. The van der Waals surface area contributed by atoms with Crippen LogP contribution in [0.15, 0.2) is 35.5 Å². The largest absolute Gasteiger partial charge is 0.318 e. The number of hydrogen-bond donors (Lipinski definition) is 3. The lowest BCUT2D eigenvalue weighted by atomic mass is 10.3. The maximum absolute atomic E-state index is 11.7. The summed E-state index contributed by atoms with van der Waals surface area (Å²) >= 11 is 0. The van der Waals surface area contributed by atoms with E-state index in [2.05, 4.69) is 20.5 Å². The fourth-order valence-electron chi connectivity index (χ4n) is 1.31. The molecule has 2 aromatic rings. The summed E-state index contributed by atoms with van der Waals surface area (Å²) in [4.78, 5) is 15.1. The number of H-pyrrole nitrogens is 1. The molecule has 1 aromatic heterocycles. The number of hydrogen-bond acceptors (Lipinski definition) is 5. The number of nitrogens with one attached hydrogen (secondary N) is 2. The third-order valence-electron chi connectivity index (χ3n) is 2.07. The van der Waals surface area contributed by atoms with Crippen molar-refractivity contribution < 1.29 is 13.2 Å². The van der Waals surface area contributed by atoms with Gasteiger partial charge in [-0.05, 0) is 12.1 Å². The second-order valence-electron chi connectivity index (χ2n) is 3.33. The van der Waals surface area contributed by atoms with Crippen molar-refractivity contribution in [2.45, 2.75) is 4.90 Å². The van der Waals surface area contributed by atoms with Crippen LogP contribution >= 0.6 is 0 Å². The van der Waals surface area contributed by atoms with Gasteiger partial charge in [0.1, 0.15) is 11.2 Å². The van der Waals surface area contributed by atoms with E-state index in [1.54, 1.807) is 6.07 Å². The maximum atomic E-state index is 11.7. The summed E-state index contributed by atoms with van der Waals surface area (Å²) in [5.41, 5.74) is 0.0846. The van der Waals surface area contributed by atoms with Crippen LogP contribution in [0.2, 0.25) is 0 Å². The molecule has 0 aliphatic carbocycles. The Morgan fingerprint density at radius 1 is 1.33 bits per heavy atom. The zero-order valence-corrected chi connectivity index (χ0v) is 9.81. The lowest BCUT2D eigenvalue weighted by Gasteiger charge is -2.07. The minimum absolute atomic E-state index is 0.0285. The summed E-state index contributed by atoms with van der Waals surface area (Å²) in [6.07, 6.45) is 1.17. The fourth-order valence-corrected chi connectivity index (χ4v) is 2.01. The number of amides is 1. The normalized spacial score (nSPS) is 11.2. The van der Waals surface area contributed by atoms with Crippen LogP contribution in [0.3, 0.4) is 0 Å². The molecule has 1 heterocycles. The number of carbonyl (C=O) groups excluding carboxylic acids is 1. The van der Waals surface area contributed by atoms with E-state index < -0.39 is 15.9 Å². The molecule has 2 rings (SSSR count). The third kappa shape index (κ3) is 2.52. The van der Waals surface area contributed by atoms with Crippen molar-refractivity contribution in [1.82, 2.24) is 15.2 Å². The van der Waals surface area contributed by atoms with Gasteiger partial charge in [0.2, 0.25) is 15.8 Å². The van der Waals surface area contributed by atoms with Crippen LogP contribution < -0.4 is 10.5 Å². The Kier molecular flexibility index (Phi) is 3.08. The Hall–Kier alpha value is -2.26. The van der Waals surface area contributed by atoms with E-state index >= 15 is 0 Å². The van der Waals surface area contributed by atoms with Gasteiger partial charge < -0.3 is 5.32 Å². The minimum Gasteiger partial charge on any atom is -0.318 e. The van der Waals surface area contributed by atoms with Crippen LogP contribution in [-0.4, -0.2) is 29.5 Å². The molecule has 8 nitrogen and oxygen atoms in total. The standard InChI is InChI=1S/C9H9N5O3S/c10-18(16,17)7-4-2-1-3-6(7)13-9(15)8-11-5-12-14-8/h1-5H,(H,13,15)(H2,10,16,17)(H,11,12,14). The molecular weight excluding hydrogens is 258 g/mol. The number of primary sulfonamides is 1. The van der Waals surface area contributed by atoms with Crippen molar-refractivity contribution in [2.24, 2.45) is 5.14 Å². The first-order valence-corrected chi connectivity index (χ1v) is 6.31. The fraction of sp³-hybridized carbons (Fsp3) is 0. The van der Waals surface area contributed by atoms with Gasteiger partial charge in [0, 0.05) is 0 Å². The van der Waals surface area contributed by atoms with Gasteiger partial charge in [-0.25, -0.2) is 18.5 Å². The highest BCUT2D eigenvalue weighted by Crippen LogP contribution is 2.19. The molecule has 0 aliphatic rings. The molecule has 0 aliphatic heterocycles. The molecular formula is C9H9N5O3S. The van der Waals surface area contributed by atoms with E-state index in [0.29, 0.717) is 0 Å². The summed E-state index contributed by atoms with van der Waals surface area (Å²) < 4.78 is 22.6. The molecule has 0 fully saturated rings. The van der Waals surface area contributed by atoms with Crippen molar-refractivity contribution >= 4 is 21.6 Å². The van der Waals surface area contributed by atoms with Gasteiger partial charge in [0.05, 0.1) is 5.69 Å². The molecule has 9 heteroatoms. The molecule has 0 saturated heterocycles. The number of nitrogens with zero attached hydrogens (tertiary/aromatic N) is 2. The third-order valence-corrected chi connectivity index (χ3v) is 3.04. The molecule has 0 spiro atoms. The number of benzene rings is 1. The van der Waals surface area contributed by atoms with Gasteiger partial charge in [-0.2, -0.15) is 5.10 Å². The second-order valence-corrected chi connectivity index (χ2v) is 4.86. The maximum Gasteiger partial charge on any atom is 0.293 e. The van der Waals surface area contributed by atoms with E-state index in [-0.39, 0.29) is 16.4 Å². The SMILES string of the molecule is NS(=O)(=O)c1ccccc1NC(=O)c1ncn[nH]1. The van der Waals surface area contributed by atoms with E-state index in [1.165, 1.54) is 24.5 Å². The van der Waals surface area contributed by atoms with Gasteiger partial charge in [-0.15, -0.1) is 0 Å². The van der Waals surface area contributed by atoms with Crippen LogP contribution in [0.25, 0.3) is 0 Å². The Labute approximate surface area is 102 Å². The minimum atomic E-state index is -3.91. The summed E-state index contributed by atoms with van der Waals surface area (Å²) in [5, 5.41) is 13.3. The highest BCUT2D eigenvalue weighted by Gasteiger charge is 2.16. The summed E-state index contributed by atoms with van der Waals surface area (Å²) in [6, 6.07) is 5.80. The van der Waals surface area contributed by atoms with Gasteiger partial charge in [0.15, 0.2) is 0 Å². The highest BCUT2D eigenvalue weighted by molar-refractivity contribution is 7.89. The van der Waals surface area contributed by atoms with Crippen molar-refractivity contribution in [1.29, 1.82) is 0 Å². The van der Waals surface area contributed by atoms with Crippen LogP contribution in [-0.2, 0) is 10.0 Å². The van der Waals surface area contributed by atoms with Gasteiger partial charge in [-0.3, -0.25) is 9.89 Å². The summed E-state index contributed by atoms with van der Waals surface area (Å²) in [7, 11) is -3.91. The summed E-state index contributed by atoms with van der Waals surface area (Å²) in [5.74, 6) is -0.636. The predicted octanol–water partition coefficient (Wildman–Crippen LogP) is -0.296. The van der Waals surface area contributed by atoms with Crippen molar-refractivity contribution in [2.75, 3.05) is 5.32 Å². The number of rotatable bonds is 3. The van der Waals surface area contributed by atoms with Crippen LogP contribution in [0.5, 0.6) is 0 Å². The average Bonchev–Trinajstić information content (AvgIpc) is 2.81. The topological polar surface area (TPSA) is 131 Å². The van der Waals surface area contributed by atoms with Gasteiger partial charge in [0.25, 0.3) is 5.91 Å². The number of aromatic nitrogens is 3. The highest BCUT2D eigenvalue weighted by atomic mass is 32.2. The van der Waals surface area contributed by atoms with E-state index in [1.807, 2.05) is 0 Å². The van der Waals surface area contributed by atoms with Crippen molar-refractivity contribution in [3.05, 3.63) is 36.4 Å². The number of carbonyl (C=O) groups is 1. The smallest absolute Gasteiger partial charge is 0.293 e. The number of sulfonamides is 1. The lowest BCUT2D eigenvalue weighted by Crippen LogP contribution is -2.19. The second kappa shape index (κ2) is 4.55. The number of para-hydroxylation sites is 1. The molecule has 0 bridgehead atoms. The molecule has 1 aromatic carbocycles. The number of anilines is 1. The van der Waals surface area contributed by atoms with E-state index in [4.69, 9.17) is 5.14 Å². The molecule has 0 atom stereocenters. The first-order valence-electron chi connectivity index (χ1n) is 4.77. The number of aromatic amines is 1. The Bertz CT molecular complexity index is 665. The number of nitrogens with two attached hydrogens (primary N) is 1. The zero-order chi connectivity index (χ0) is 13.2. The Morgan fingerprint density at radius 3 is 2.67 bits per heavy atom. The lowest BCUT2D eigenvalue weighted by molar-refractivity contribution is 0.101. The molecule has 1 amide bonds. The average molecular weight is 267 g/mol. The molecule has 0 unspecified atom stereocenters. The van der Waals surface area contributed by atoms with Gasteiger partial charge >= 0.3 is 0 Å². The quantitative estimate of drug-likeness (QED) is 0.702. The van der Waals surface area contributed by atoms with Crippen LogP contribution in [0, 0.1) is 0 Å². The predicted molar refractivity (Wildman–Crippen MR) is 62.2 cm³/mol. The molecule has 0 radical (unpaired) electrons. The van der Waals surface area contributed by atoms with Crippen LogP contribution in [0.1, 0.15) is 10.6 Å². The van der Waals surface area contributed by atoms with E-state index in [0.717, 1.165) is 0 Å². The first kappa shape index (κ1) is 12.2. The molecule has 4 N–H and O–H groups in total. The van der Waals surface area contributed by atoms with Crippen molar-refractivity contribution in [3.63, 3.8) is 0 Å². The molecule has 18 heavy (non-hydrogen) atoms. The molecule has 0 saturated carbocycles. The van der Waals surface area contributed by atoms with Crippen molar-refractivity contribution in [3.8, 4) is 0 Å². The van der Waals surface area contributed by atoms with Crippen LogP contribution in [0.4, 0.5) is 5.69 Å². The first-order chi connectivity index (χ1) is 8.48. The summed E-state index contributed by atoms with van der Waals surface area (Å²) in [6.45, 7) is 0. The Balaban J connectivity index is 2.33. The Morgan fingerprint density at radius 2 is 2.06 bits per heavy atom. The van der Waals surface area contributed by atoms with E-state index in [9.17, 15) is 13.2 Å². The zero-order valence-electron chi connectivity index (χ0n) is 8.99. The monoisotopic (exact) mass is 267 g/mol.